The normalized spacial score (nSPS) is 13.5. The number of unbranched alkanes of at least 4 members (excludes halogenated alkanes) is 1. The van der Waals surface area contributed by atoms with Gasteiger partial charge in [-0.1, -0.05) is 31.9 Å². The number of hydrogen-bond donors (Lipinski definition) is 3. The molecule has 35 heavy (non-hydrogen) atoms. The number of thiophene rings is 1. The number of aliphatic carboxylic acids is 1. The Labute approximate surface area is 208 Å². The van der Waals surface area contributed by atoms with Crippen molar-refractivity contribution < 1.29 is 33.7 Å². The number of benzene rings is 1. The maximum Gasteiger partial charge on any atom is 0.409 e. The molecule has 190 valence electrons. The Kier molecular flexibility index (Phi) is 9.59. The van der Waals surface area contributed by atoms with Gasteiger partial charge in [-0.25, -0.2) is 9.59 Å². The highest BCUT2D eigenvalue weighted by Crippen LogP contribution is 2.34. The van der Waals surface area contributed by atoms with Crippen molar-refractivity contribution >= 4 is 29.4 Å². The zero-order chi connectivity index (χ0) is 25.2. The SMILES string of the molecule is CCCCC(COC(=O)N(C)Cc1cccs1)NC(=O)NC(CC(=O)O)c1ccc2c(c1)OCO2. The van der Waals surface area contributed by atoms with E-state index in [4.69, 9.17) is 14.2 Å². The van der Waals surface area contributed by atoms with E-state index < -0.39 is 30.2 Å². The van der Waals surface area contributed by atoms with Crippen LogP contribution in [0, 0.1) is 0 Å². The van der Waals surface area contributed by atoms with Gasteiger partial charge in [0.15, 0.2) is 11.5 Å². The minimum atomic E-state index is -1.06. The number of amides is 3. The second-order valence-electron chi connectivity index (χ2n) is 8.23. The summed E-state index contributed by atoms with van der Waals surface area (Å²) >= 11 is 1.56. The lowest BCUT2D eigenvalue weighted by Crippen LogP contribution is -2.46. The molecule has 2 unspecified atom stereocenters. The van der Waals surface area contributed by atoms with E-state index in [2.05, 4.69) is 10.6 Å². The van der Waals surface area contributed by atoms with Gasteiger partial charge in [-0.3, -0.25) is 4.79 Å². The molecule has 11 heteroatoms. The molecule has 2 aromatic rings. The predicted molar refractivity (Wildman–Crippen MR) is 130 cm³/mol. The number of carboxylic acid groups (broad SMARTS) is 1. The van der Waals surface area contributed by atoms with Crippen LogP contribution in [0.2, 0.25) is 0 Å². The molecule has 3 amide bonds. The molecule has 0 saturated heterocycles. The Hall–Kier alpha value is -3.47. The third-order valence-corrected chi connectivity index (χ3v) is 6.28. The lowest BCUT2D eigenvalue weighted by molar-refractivity contribution is -0.137. The Balaban J connectivity index is 1.58. The highest BCUT2D eigenvalue weighted by Gasteiger charge is 2.23. The van der Waals surface area contributed by atoms with Gasteiger partial charge in [0.2, 0.25) is 6.79 Å². The van der Waals surface area contributed by atoms with E-state index in [-0.39, 0.29) is 19.8 Å². The van der Waals surface area contributed by atoms with Crippen molar-refractivity contribution in [1.29, 1.82) is 0 Å². The number of urea groups is 1. The van der Waals surface area contributed by atoms with Crippen molar-refractivity contribution in [3.63, 3.8) is 0 Å². The molecule has 0 spiro atoms. The number of rotatable bonds is 12. The molecular weight excluding hydrogens is 474 g/mol. The van der Waals surface area contributed by atoms with E-state index in [9.17, 15) is 19.5 Å². The Bertz CT molecular complexity index is 999. The molecule has 0 fully saturated rings. The van der Waals surface area contributed by atoms with Crippen molar-refractivity contribution in [3.8, 4) is 11.5 Å². The van der Waals surface area contributed by atoms with Crippen molar-refractivity contribution in [2.45, 2.75) is 51.2 Å². The highest BCUT2D eigenvalue weighted by atomic mass is 32.1. The van der Waals surface area contributed by atoms with Gasteiger partial charge in [-0.2, -0.15) is 0 Å². The van der Waals surface area contributed by atoms with E-state index >= 15 is 0 Å². The van der Waals surface area contributed by atoms with Crippen LogP contribution in [0.1, 0.15) is 49.1 Å². The number of fused-ring (bicyclic) bond motifs is 1. The summed E-state index contributed by atoms with van der Waals surface area (Å²) in [6, 6.07) is 7.16. The number of nitrogens with one attached hydrogen (secondary N) is 2. The number of ether oxygens (including phenoxy) is 3. The third kappa shape index (κ3) is 8.06. The van der Waals surface area contributed by atoms with E-state index in [0.29, 0.717) is 30.0 Å². The lowest BCUT2D eigenvalue weighted by Gasteiger charge is -2.23. The fourth-order valence-electron chi connectivity index (χ4n) is 3.57. The van der Waals surface area contributed by atoms with Gasteiger partial charge in [0, 0.05) is 11.9 Å². The van der Waals surface area contributed by atoms with Crippen LogP contribution in [0.15, 0.2) is 35.7 Å². The predicted octanol–water partition coefficient (Wildman–Crippen LogP) is 4.12. The summed E-state index contributed by atoms with van der Waals surface area (Å²) in [5.41, 5.74) is 0.582. The first-order valence-corrected chi connectivity index (χ1v) is 12.3. The Morgan fingerprint density at radius 2 is 2.00 bits per heavy atom. The second-order valence-corrected chi connectivity index (χ2v) is 9.26. The summed E-state index contributed by atoms with van der Waals surface area (Å²) in [5, 5.41) is 16.8. The average Bonchev–Trinajstić information content (AvgIpc) is 3.51. The van der Waals surface area contributed by atoms with Gasteiger partial charge in [0.05, 0.1) is 25.0 Å². The standard InChI is InChI=1S/C24H31N3O7S/c1-3-4-6-17(14-32-24(31)27(2)13-18-7-5-10-35-18)25-23(30)26-19(12-22(28)29)16-8-9-20-21(11-16)34-15-33-20/h5,7-11,17,19H,3-4,6,12-15H2,1-2H3,(H,28,29)(H2,25,26,30). The lowest BCUT2D eigenvalue weighted by atomic mass is 10.0. The van der Waals surface area contributed by atoms with E-state index in [0.717, 1.165) is 17.7 Å². The molecule has 3 rings (SSSR count). The first-order valence-electron chi connectivity index (χ1n) is 11.4. The fraction of sp³-hybridized carbons (Fsp3) is 0.458. The second kappa shape index (κ2) is 12.8. The largest absolute Gasteiger partial charge is 0.481 e. The molecule has 1 aromatic heterocycles. The quantitative estimate of drug-likeness (QED) is 0.396. The van der Waals surface area contributed by atoms with Crippen LogP contribution < -0.4 is 20.1 Å². The molecule has 3 N–H and O–H groups in total. The maximum absolute atomic E-state index is 12.8. The molecule has 0 aliphatic carbocycles. The van der Waals surface area contributed by atoms with Crippen molar-refractivity contribution in [3.05, 3.63) is 46.2 Å². The van der Waals surface area contributed by atoms with Crippen molar-refractivity contribution in [2.24, 2.45) is 0 Å². The molecule has 0 saturated carbocycles. The van der Waals surface area contributed by atoms with Gasteiger partial charge in [-0.05, 0) is 35.6 Å². The van der Waals surface area contributed by atoms with Crippen LogP contribution >= 0.6 is 11.3 Å². The highest BCUT2D eigenvalue weighted by molar-refractivity contribution is 7.09. The van der Waals surface area contributed by atoms with Gasteiger partial charge >= 0.3 is 18.1 Å². The van der Waals surface area contributed by atoms with Crippen molar-refractivity contribution in [1.82, 2.24) is 15.5 Å². The van der Waals surface area contributed by atoms with E-state index in [1.54, 1.807) is 36.6 Å². The minimum absolute atomic E-state index is 0.00859. The zero-order valence-corrected chi connectivity index (χ0v) is 20.6. The van der Waals surface area contributed by atoms with Crippen LogP contribution in [-0.2, 0) is 16.1 Å². The zero-order valence-electron chi connectivity index (χ0n) is 19.8. The summed E-state index contributed by atoms with van der Waals surface area (Å²) in [6.45, 7) is 2.57. The van der Waals surface area contributed by atoms with E-state index in [1.165, 1.54) is 4.90 Å². The number of nitrogens with zero attached hydrogens (tertiary/aromatic N) is 1. The number of hydrogen-bond acceptors (Lipinski definition) is 7. The van der Waals surface area contributed by atoms with Gasteiger partial charge < -0.3 is 34.9 Å². The topological polar surface area (TPSA) is 126 Å². The van der Waals surface area contributed by atoms with Crippen LogP contribution in [0.3, 0.4) is 0 Å². The first kappa shape index (κ1) is 26.1. The Morgan fingerprint density at radius 1 is 1.20 bits per heavy atom. The molecule has 1 aromatic carbocycles. The van der Waals surface area contributed by atoms with Gasteiger partial charge in [-0.15, -0.1) is 11.3 Å². The molecular formula is C24H31N3O7S. The molecule has 0 radical (unpaired) electrons. The number of carbonyl (C=O) groups is 3. The minimum Gasteiger partial charge on any atom is -0.481 e. The smallest absolute Gasteiger partial charge is 0.409 e. The van der Waals surface area contributed by atoms with E-state index in [1.807, 2.05) is 24.4 Å². The summed E-state index contributed by atoms with van der Waals surface area (Å²) in [4.78, 5) is 39.1. The van der Waals surface area contributed by atoms with Crippen LogP contribution in [-0.4, -0.2) is 54.6 Å². The fourth-order valence-corrected chi connectivity index (χ4v) is 4.33. The molecule has 1 aliphatic rings. The summed E-state index contributed by atoms with van der Waals surface area (Å²) in [5.74, 6) is 0.00970. The molecule has 10 nitrogen and oxygen atoms in total. The van der Waals surface area contributed by atoms with Crippen molar-refractivity contribution in [2.75, 3.05) is 20.4 Å². The first-order chi connectivity index (χ1) is 16.9. The maximum atomic E-state index is 12.8. The number of carbonyl (C=O) groups excluding carboxylic acids is 2. The summed E-state index contributed by atoms with van der Waals surface area (Å²) in [7, 11) is 1.66. The molecule has 1 aliphatic heterocycles. The van der Waals surface area contributed by atoms with Gasteiger partial charge in [0.25, 0.3) is 0 Å². The van der Waals surface area contributed by atoms with Crippen LogP contribution in [0.5, 0.6) is 11.5 Å². The molecule has 2 atom stereocenters. The van der Waals surface area contributed by atoms with Gasteiger partial charge in [0.1, 0.15) is 6.61 Å². The summed E-state index contributed by atoms with van der Waals surface area (Å²) < 4.78 is 16.1. The monoisotopic (exact) mass is 505 g/mol. The number of carboxylic acids is 1. The molecule has 2 heterocycles. The summed E-state index contributed by atoms with van der Waals surface area (Å²) in [6.07, 6.45) is 1.56. The molecule has 0 bridgehead atoms. The average molecular weight is 506 g/mol. The third-order valence-electron chi connectivity index (χ3n) is 5.42. The Morgan fingerprint density at radius 3 is 2.71 bits per heavy atom. The van der Waals surface area contributed by atoms with Crippen LogP contribution in [0.4, 0.5) is 9.59 Å². The van der Waals surface area contributed by atoms with Crippen LogP contribution in [0.25, 0.3) is 0 Å².